The third-order valence-electron chi connectivity index (χ3n) is 3.05. The molecule has 2 unspecified atom stereocenters. The quantitative estimate of drug-likeness (QED) is 0.664. The van der Waals surface area contributed by atoms with Gasteiger partial charge in [-0.05, 0) is 39.0 Å². The van der Waals surface area contributed by atoms with Crippen LogP contribution in [-0.4, -0.2) is 37.7 Å². The predicted molar refractivity (Wildman–Crippen MR) is 69.0 cm³/mol. The lowest BCUT2D eigenvalue weighted by atomic mass is 9.99. The molecule has 1 saturated heterocycles. The van der Waals surface area contributed by atoms with Crippen LogP contribution in [0.3, 0.4) is 0 Å². The van der Waals surface area contributed by atoms with E-state index in [9.17, 15) is 4.79 Å². The van der Waals surface area contributed by atoms with Crippen LogP contribution in [0.25, 0.3) is 0 Å². The van der Waals surface area contributed by atoms with E-state index in [1.165, 1.54) is 6.42 Å². The van der Waals surface area contributed by atoms with Crippen LogP contribution >= 0.6 is 0 Å². The van der Waals surface area contributed by atoms with Gasteiger partial charge in [0.2, 0.25) is 5.91 Å². The van der Waals surface area contributed by atoms with Crippen molar-refractivity contribution >= 4 is 5.91 Å². The summed E-state index contributed by atoms with van der Waals surface area (Å²) in [6.07, 6.45) is 5.23. The molecule has 2 N–H and O–H groups in total. The fourth-order valence-electron chi connectivity index (χ4n) is 2.10. The first kappa shape index (κ1) is 14.5. The molecule has 0 aromatic carbocycles. The first-order chi connectivity index (χ1) is 8.24. The highest BCUT2D eigenvalue weighted by atomic mass is 16.5. The standard InChI is InChI=1S/C13H26N2O2/c1-3-9-17-10-5-8-14-13(16)12-7-4-6-11(2)15-12/h11-12,15H,3-10H2,1-2H3,(H,14,16). The Balaban J connectivity index is 2.04. The minimum absolute atomic E-state index is 0.00955. The Morgan fingerprint density at radius 3 is 2.94 bits per heavy atom. The Bertz CT molecular complexity index is 221. The van der Waals surface area contributed by atoms with E-state index in [-0.39, 0.29) is 11.9 Å². The summed E-state index contributed by atoms with van der Waals surface area (Å²) in [6.45, 7) is 6.50. The van der Waals surface area contributed by atoms with Gasteiger partial charge in [-0.15, -0.1) is 0 Å². The number of carbonyl (C=O) groups is 1. The Kier molecular flexibility index (Phi) is 7.21. The molecule has 1 rings (SSSR count). The summed E-state index contributed by atoms with van der Waals surface area (Å²) >= 11 is 0. The second-order valence-electron chi connectivity index (χ2n) is 4.81. The third-order valence-corrected chi connectivity index (χ3v) is 3.05. The monoisotopic (exact) mass is 242 g/mol. The summed E-state index contributed by atoms with van der Waals surface area (Å²) in [4.78, 5) is 11.8. The molecule has 1 aliphatic heterocycles. The van der Waals surface area contributed by atoms with Crippen LogP contribution in [0, 0.1) is 0 Å². The Labute approximate surface area is 104 Å². The molecule has 0 radical (unpaired) electrons. The molecule has 0 bridgehead atoms. The molecule has 1 heterocycles. The van der Waals surface area contributed by atoms with Crippen molar-refractivity contribution < 1.29 is 9.53 Å². The van der Waals surface area contributed by atoms with Gasteiger partial charge in [0.05, 0.1) is 6.04 Å². The van der Waals surface area contributed by atoms with Gasteiger partial charge in [-0.1, -0.05) is 6.92 Å². The summed E-state index contributed by atoms with van der Waals surface area (Å²) in [7, 11) is 0. The number of hydrogen-bond donors (Lipinski definition) is 2. The topological polar surface area (TPSA) is 50.4 Å². The molecule has 17 heavy (non-hydrogen) atoms. The maximum absolute atomic E-state index is 11.8. The number of rotatable bonds is 7. The second-order valence-corrected chi connectivity index (χ2v) is 4.81. The summed E-state index contributed by atoms with van der Waals surface area (Å²) in [5.74, 6) is 0.145. The SMILES string of the molecule is CCCOCCCNC(=O)C1CCCC(C)N1. The lowest BCUT2D eigenvalue weighted by Crippen LogP contribution is -2.50. The lowest BCUT2D eigenvalue weighted by molar-refractivity contribution is -0.124. The lowest BCUT2D eigenvalue weighted by Gasteiger charge is -2.27. The molecular weight excluding hydrogens is 216 g/mol. The smallest absolute Gasteiger partial charge is 0.237 e. The zero-order valence-corrected chi connectivity index (χ0v) is 11.1. The highest BCUT2D eigenvalue weighted by Gasteiger charge is 2.23. The molecule has 1 fully saturated rings. The first-order valence-electron chi connectivity index (χ1n) is 6.85. The van der Waals surface area contributed by atoms with Gasteiger partial charge in [-0.3, -0.25) is 4.79 Å². The molecule has 100 valence electrons. The molecular formula is C13H26N2O2. The van der Waals surface area contributed by atoms with Crippen molar-refractivity contribution in [1.29, 1.82) is 0 Å². The summed E-state index contributed by atoms with van der Waals surface area (Å²) in [5.41, 5.74) is 0. The largest absolute Gasteiger partial charge is 0.381 e. The minimum Gasteiger partial charge on any atom is -0.381 e. The number of piperidine rings is 1. The summed E-state index contributed by atoms with van der Waals surface area (Å²) in [6, 6.07) is 0.475. The van der Waals surface area contributed by atoms with Crippen molar-refractivity contribution in [2.75, 3.05) is 19.8 Å². The zero-order valence-electron chi connectivity index (χ0n) is 11.1. The van der Waals surface area contributed by atoms with Gasteiger partial charge in [0, 0.05) is 25.8 Å². The Morgan fingerprint density at radius 2 is 2.24 bits per heavy atom. The van der Waals surface area contributed by atoms with Crippen LogP contribution < -0.4 is 10.6 Å². The fraction of sp³-hybridized carbons (Fsp3) is 0.923. The van der Waals surface area contributed by atoms with Crippen LogP contribution in [-0.2, 0) is 9.53 Å². The van der Waals surface area contributed by atoms with Crippen molar-refractivity contribution in [3.63, 3.8) is 0 Å². The van der Waals surface area contributed by atoms with E-state index in [1.807, 2.05) is 0 Å². The van der Waals surface area contributed by atoms with Crippen molar-refractivity contribution in [3.8, 4) is 0 Å². The van der Waals surface area contributed by atoms with E-state index < -0.39 is 0 Å². The van der Waals surface area contributed by atoms with Crippen molar-refractivity contribution in [3.05, 3.63) is 0 Å². The molecule has 0 aromatic rings. The van der Waals surface area contributed by atoms with Crippen LogP contribution in [0.5, 0.6) is 0 Å². The zero-order chi connectivity index (χ0) is 12.5. The molecule has 4 nitrogen and oxygen atoms in total. The predicted octanol–water partition coefficient (Wildman–Crippen LogP) is 1.45. The van der Waals surface area contributed by atoms with Gasteiger partial charge >= 0.3 is 0 Å². The normalized spacial score (nSPS) is 24.6. The minimum atomic E-state index is 0.00955. The van der Waals surface area contributed by atoms with Gasteiger partial charge in [-0.25, -0.2) is 0 Å². The number of nitrogens with one attached hydrogen (secondary N) is 2. The Morgan fingerprint density at radius 1 is 1.41 bits per heavy atom. The average molecular weight is 242 g/mol. The molecule has 1 aliphatic rings. The first-order valence-corrected chi connectivity index (χ1v) is 6.85. The van der Waals surface area contributed by atoms with Gasteiger partial charge in [0.25, 0.3) is 0 Å². The maximum Gasteiger partial charge on any atom is 0.237 e. The van der Waals surface area contributed by atoms with Crippen LogP contribution in [0.2, 0.25) is 0 Å². The van der Waals surface area contributed by atoms with E-state index in [2.05, 4.69) is 24.5 Å². The van der Waals surface area contributed by atoms with Crippen LogP contribution in [0.4, 0.5) is 0 Å². The molecule has 1 amide bonds. The molecule has 0 aromatic heterocycles. The summed E-state index contributed by atoms with van der Waals surface area (Å²) in [5, 5.41) is 6.30. The molecule has 4 heteroatoms. The molecule has 0 spiro atoms. The van der Waals surface area contributed by atoms with E-state index in [1.54, 1.807) is 0 Å². The summed E-state index contributed by atoms with van der Waals surface area (Å²) < 4.78 is 5.36. The maximum atomic E-state index is 11.8. The fourth-order valence-corrected chi connectivity index (χ4v) is 2.10. The van der Waals surface area contributed by atoms with E-state index in [0.29, 0.717) is 6.04 Å². The second kappa shape index (κ2) is 8.48. The van der Waals surface area contributed by atoms with Crippen molar-refractivity contribution in [1.82, 2.24) is 10.6 Å². The number of hydrogen-bond acceptors (Lipinski definition) is 3. The van der Waals surface area contributed by atoms with Gasteiger partial charge < -0.3 is 15.4 Å². The number of carbonyl (C=O) groups excluding carboxylic acids is 1. The van der Waals surface area contributed by atoms with E-state index in [0.717, 1.165) is 45.4 Å². The number of ether oxygens (including phenoxy) is 1. The molecule has 2 atom stereocenters. The van der Waals surface area contributed by atoms with Gasteiger partial charge in [0.1, 0.15) is 0 Å². The van der Waals surface area contributed by atoms with Crippen molar-refractivity contribution in [2.24, 2.45) is 0 Å². The Hall–Kier alpha value is -0.610. The third kappa shape index (κ3) is 6.03. The van der Waals surface area contributed by atoms with E-state index in [4.69, 9.17) is 4.74 Å². The average Bonchev–Trinajstić information content (AvgIpc) is 2.33. The van der Waals surface area contributed by atoms with Gasteiger partial charge in [0.15, 0.2) is 0 Å². The van der Waals surface area contributed by atoms with Gasteiger partial charge in [-0.2, -0.15) is 0 Å². The highest BCUT2D eigenvalue weighted by molar-refractivity contribution is 5.81. The van der Waals surface area contributed by atoms with Crippen molar-refractivity contribution in [2.45, 2.75) is 58.0 Å². The highest BCUT2D eigenvalue weighted by Crippen LogP contribution is 2.12. The van der Waals surface area contributed by atoms with Crippen LogP contribution in [0.15, 0.2) is 0 Å². The molecule has 0 aliphatic carbocycles. The van der Waals surface area contributed by atoms with E-state index >= 15 is 0 Å². The number of amides is 1. The molecule has 0 saturated carbocycles. The van der Waals surface area contributed by atoms with Crippen LogP contribution in [0.1, 0.15) is 46.0 Å².